The van der Waals surface area contributed by atoms with Crippen LogP contribution >= 0.6 is 0 Å². The first-order valence-corrected chi connectivity index (χ1v) is 7.81. The third kappa shape index (κ3) is 3.75. The lowest BCUT2D eigenvalue weighted by Crippen LogP contribution is -2.37. The molecule has 1 aliphatic heterocycles. The molecule has 0 atom stereocenters. The summed E-state index contributed by atoms with van der Waals surface area (Å²) in [7, 11) is -3.38. The van der Waals surface area contributed by atoms with Gasteiger partial charge in [-0.1, -0.05) is 30.3 Å². The second kappa shape index (κ2) is 6.12. The molecule has 0 amide bonds. The zero-order valence-electron chi connectivity index (χ0n) is 10.6. The molecule has 0 aliphatic carbocycles. The molecule has 1 aliphatic rings. The van der Waals surface area contributed by atoms with Crippen molar-refractivity contribution in [1.29, 1.82) is 0 Å². The number of sulfonamides is 1. The van der Waals surface area contributed by atoms with Gasteiger partial charge in [0.2, 0.25) is 10.0 Å². The smallest absolute Gasteiger partial charge is 0.236 e. The number of hydrogen-bond acceptors (Lipinski definition) is 3. The van der Waals surface area contributed by atoms with Crippen molar-refractivity contribution < 1.29 is 13.2 Å². The fourth-order valence-corrected chi connectivity index (χ4v) is 3.30. The first-order chi connectivity index (χ1) is 9.12. The zero-order chi connectivity index (χ0) is 13.7. The van der Waals surface area contributed by atoms with Crippen LogP contribution in [0.5, 0.6) is 0 Å². The van der Waals surface area contributed by atoms with Crippen molar-refractivity contribution in [2.45, 2.75) is 12.8 Å². The van der Waals surface area contributed by atoms with Crippen molar-refractivity contribution >= 4 is 22.4 Å². The molecule has 0 unspecified atom stereocenters. The fourth-order valence-electron chi connectivity index (χ4n) is 2.08. The number of hydrogen-bond donors (Lipinski definition) is 0. The minimum Gasteiger partial charge on any atom is -0.303 e. The van der Waals surface area contributed by atoms with Gasteiger partial charge in [0.15, 0.2) is 0 Å². The number of carbonyl (C=O) groups excluding carboxylic acids is 1. The third-order valence-electron chi connectivity index (χ3n) is 3.28. The summed E-state index contributed by atoms with van der Waals surface area (Å²) >= 11 is 0. The summed E-state index contributed by atoms with van der Waals surface area (Å²) in [6.45, 7) is 0.843. The third-order valence-corrected chi connectivity index (χ3v) is 4.85. The van der Waals surface area contributed by atoms with Crippen molar-refractivity contribution in [1.82, 2.24) is 4.31 Å². The highest BCUT2D eigenvalue weighted by molar-refractivity contribution is 7.92. The molecule has 0 bridgehead atoms. The second-order valence-corrected chi connectivity index (χ2v) is 6.45. The van der Waals surface area contributed by atoms with Gasteiger partial charge in [0, 0.05) is 24.4 Å². The molecule has 0 N–H and O–H groups in total. The van der Waals surface area contributed by atoms with Crippen molar-refractivity contribution in [2.75, 3.05) is 13.1 Å². The molecule has 0 radical (unpaired) electrons. The van der Waals surface area contributed by atoms with Crippen LogP contribution in [-0.4, -0.2) is 32.1 Å². The Bertz CT molecular complexity index is 543. The number of carbonyl (C=O) groups is 1. The average Bonchev–Trinajstić information content (AvgIpc) is 2.46. The van der Waals surface area contributed by atoms with E-state index in [0.29, 0.717) is 25.9 Å². The minimum atomic E-state index is -3.38. The van der Waals surface area contributed by atoms with Gasteiger partial charge in [0.25, 0.3) is 0 Å². The van der Waals surface area contributed by atoms with Crippen molar-refractivity contribution in [3.8, 4) is 0 Å². The Morgan fingerprint density at radius 3 is 2.32 bits per heavy atom. The summed E-state index contributed by atoms with van der Waals surface area (Å²) in [4.78, 5) is 10.6. The van der Waals surface area contributed by atoms with Gasteiger partial charge in [-0.3, -0.25) is 0 Å². The van der Waals surface area contributed by atoms with Crippen molar-refractivity contribution in [2.24, 2.45) is 5.92 Å². The van der Waals surface area contributed by atoms with Crippen LogP contribution in [0.4, 0.5) is 0 Å². The van der Waals surface area contributed by atoms with E-state index in [0.717, 1.165) is 11.8 Å². The molecule has 19 heavy (non-hydrogen) atoms. The highest BCUT2D eigenvalue weighted by Crippen LogP contribution is 2.19. The van der Waals surface area contributed by atoms with Gasteiger partial charge in [0.1, 0.15) is 6.29 Å². The maximum absolute atomic E-state index is 12.1. The molecule has 5 heteroatoms. The molecule has 0 spiro atoms. The number of piperidine rings is 1. The molecule has 2 rings (SSSR count). The molecular formula is C14H17NO3S. The average molecular weight is 279 g/mol. The van der Waals surface area contributed by atoms with Crippen LogP contribution in [0.15, 0.2) is 35.7 Å². The van der Waals surface area contributed by atoms with Gasteiger partial charge >= 0.3 is 0 Å². The normalized spacial score (nSPS) is 18.7. The molecular weight excluding hydrogens is 262 g/mol. The standard InChI is InChI=1S/C14H17NO3S/c16-12-14-6-9-15(10-7-14)19(17,18)11-8-13-4-2-1-3-5-13/h1-5,8,11-12,14H,6-7,9-10H2/b11-8+. The van der Waals surface area contributed by atoms with Gasteiger partial charge in [-0.2, -0.15) is 4.31 Å². The van der Waals surface area contributed by atoms with Crippen molar-refractivity contribution in [3.63, 3.8) is 0 Å². The number of benzene rings is 1. The molecule has 1 heterocycles. The molecule has 0 aromatic heterocycles. The lowest BCUT2D eigenvalue weighted by Gasteiger charge is -2.27. The monoisotopic (exact) mass is 279 g/mol. The van der Waals surface area contributed by atoms with Crippen LogP contribution in [0.2, 0.25) is 0 Å². The molecule has 1 fully saturated rings. The summed E-state index contributed by atoms with van der Waals surface area (Å²) in [6.07, 6.45) is 3.74. The fraction of sp³-hybridized carbons (Fsp3) is 0.357. The lowest BCUT2D eigenvalue weighted by atomic mass is 10.0. The lowest BCUT2D eigenvalue weighted by molar-refractivity contribution is -0.112. The van der Waals surface area contributed by atoms with Crippen LogP contribution in [-0.2, 0) is 14.8 Å². The van der Waals surface area contributed by atoms with Crippen molar-refractivity contribution in [3.05, 3.63) is 41.3 Å². The summed E-state index contributed by atoms with van der Waals surface area (Å²) in [6, 6.07) is 9.31. The zero-order valence-corrected chi connectivity index (χ0v) is 11.4. The molecule has 0 saturated carbocycles. The van der Waals surface area contributed by atoms with Gasteiger partial charge in [-0.15, -0.1) is 0 Å². The Labute approximate surface area is 113 Å². The Balaban J connectivity index is 2.03. The largest absolute Gasteiger partial charge is 0.303 e. The van der Waals surface area contributed by atoms with Crippen LogP contribution in [0, 0.1) is 5.92 Å². The number of nitrogens with zero attached hydrogens (tertiary/aromatic N) is 1. The molecule has 1 aromatic rings. The van der Waals surface area contributed by atoms with Crippen LogP contribution in [0.25, 0.3) is 6.08 Å². The summed E-state index contributed by atoms with van der Waals surface area (Å²) < 4.78 is 25.6. The van der Waals surface area contributed by atoms with E-state index in [4.69, 9.17) is 0 Å². The summed E-state index contributed by atoms with van der Waals surface area (Å²) in [5, 5.41) is 1.24. The Morgan fingerprint density at radius 1 is 1.11 bits per heavy atom. The van der Waals surface area contributed by atoms with Crippen LogP contribution in [0.1, 0.15) is 18.4 Å². The van der Waals surface area contributed by atoms with E-state index in [1.807, 2.05) is 30.3 Å². The Hall–Kier alpha value is -1.46. The first kappa shape index (κ1) is 14.0. The topological polar surface area (TPSA) is 54.5 Å². The van der Waals surface area contributed by atoms with E-state index in [1.54, 1.807) is 6.08 Å². The predicted molar refractivity (Wildman–Crippen MR) is 74.8 cm³/mol. The molecule has 4 nitrogen and oxygen atoms in total. The van der Waals surface area contributed by atoms with Crippen LogP contribution < -0.4 is 0 Å². The number of rotatable bonds is 4. The highest BCUT2D eigenvalue weighted by Gasteiger charge is 2.25. The van der Waals surface area contributed by atoms with Crippen LogP contribution in [0.3, 0.4) is 0 Å². The Morgan fingerprint density at radius 2 is 1.74 bits per heavy atom. The highest BCUT2D eigenvalue weighted by atomic mass is 32.2. The van der Waals surface area contributed by atoms with E-state index in [1.165, 1.54) is 9.71 Å². The van der Waals surface area contributed by atoms with Gasteiger partial charge in [0.05, 0.1) is 0 Å². The quantitative estimate of drug-likeness (QED) is 0.791. The number of aldehydes is 1. The van der Waals surface area contributed by atoms with Gasteiger partial charge in [-0.25, -0.2) is 8.42 Å². The maximum atomic E-state index is 12.1. The predicted octanol–water partition coefficient (Wildman–Crippen LogP) is 1.90. The second-order valence-electron chi connectivity index (χ2n) is 4.63. The van der Waals surface area contributed by atoms with E-state index in [9.17, 15) is 13.2 Å². The van der Waals surface area contributed by atoms with E-state index >= 15 is 0 Å². The van der Waals surface area contributed by atoms with Gasteiger partial charge in [-0.05, 0) is 24.5 Å². The minimum absolute atomic E-state index is 0.00422. The Kier molecular flexibility index (Phi) is 4.50. The molecule has 1 aromatic carbocycles. The summed E-state index contributed by atoms with van der Waals surface area (Å²) in [5.41, 5.74) is 0.855. The maximum Gasteiger partial charge on any atom is 0.236 e. The first-order valence-electron chi connectivity index (χ1n) is 6.30. The van der Waals surface area contributed by atoms with Gasteiger partial charge < -0.3 is 4.79 Å². The van der Waals surface area contributed by atoms with E-state index < -0.39 is 10.0 Å². The molecule has 1 saturated heterocycles. The van der Waals surface area contributed by atoms with E-state index in [2.05, 4.69) is 0 Å². The SMILES string of the molecule is O=CC1CCN(S(=O)(=O)/C=C/c2ccccc2)CC1. The van der Waals surface area contributed by atoms with E-state index in [-0.39, 0.29) is 5.92 Å². The summed E-state index contributed by atoms with van der Waals surface area (Å²) in [5.74, 6) is 0.00422. The molecule has 102 valence electrons.